The number of rotatable bonds is 5. The monoisotopic (exact) mass is 298 g/mol. The summed E-state index contributed by atoms with van der Waals surface area (Å²) in [7, 11) is 0. The average Bonchev–Trinajstić information content (AvgIpc) is 2.56. The van der Waals surface area contributed by atoms with Crippen LogP contribution in [0.1, 0.15) is 33.1 Å². The van der Waals surface area contributed by atoms with Gasteiger partial charge in [-0.1, -0.05) is 13.8 Å². The normalized spacial score (nSPS) is 24.8. The molecule has 5 nitrogen and oxygen atoms in total. The second kappa shape index (κ2) is 8.11. The third kappa shape index (κ3) is 4.18. The molecule has 2 fully saturated rings. The third-order valence-electron chi connectivity index (χ3n) is 5.19. The molecule has 0 radical (unpaired) electrons. The van der Waals surface area contributed by atoms with E-state index in [-0.39, 0.29) is 18.6 Å². The molecular formula is C16H30N2O3. The number of aliphatic hydroxyl groups excluding tert-OH is 1. The van der Waals surface area contributed by atoms with Crippen molar-refractivity contribution in [3.63, 3.8) is 0 Å². The van der Waals surface area contributed by atoms with E-state index in [1.54, 1.807) is 0 Å². The number of hydrogen-bond donors (Lipinski definition) is 1. The zero-order valence-corrected chi connectivity index (χ0v) is 13.5. The molecule has 0 aromatic rings. The van der Waals surface area contributed by atoms with Crippen LogP contribution in [0, 0.1) is 11.8 Å². The Balaban J connectivity index is 1.82. The topological polar surface area (TPSA) is 53.0 Å². The van der Waals surface area contributed by atoms with Crippen LogP contribution in [-0.2, 0) is 9.53 Å². The number of piperazine rings is 1. The molecule has 2 aliphatic heterocycles. The summed E-state index contributed by atoms with van der Waals surface area (Å²) in [5.74, 6) is 0.893. The second-order valence-corrected chi connectivity index (χ2v) is 6.34. The summed E-state index contributed by atoms with van der Waals surface area (Å²) in [4.78, 5) is 17.0. The lowest BCUT2D eigenvalue weighted by molar-refractivity contribution is -0.140. The van der Waals surface area contributed by atoms with Crippen LogP contribution >= 0.6 is 0 Å². The molecule has 2 aliphatic rings. The lowest BCUT2D eigenvalue weighted by Crippen LogP contribution is -2.54. The largest absolute Gasteiger partial charge is 0.395 e. The van der Waals surface area contributed by atoms with Gasteiger partial charge in [-0.05, 0) is 25.2 Å². The minimum Gasteiger partial charge on any atom is -0.395 e. The van der Waals surface area contributed by atoms with Gasteiger partial charge in [0.2, 0.25) is 5.91 Å². The van der Waals surface area contributed by atoms with Gasteiger partial charge >= 0.3 is 0 Å². The minimum atomic E-state index is 0.111. The Morgan fingerprint density at radius 2 is 1.86 bits per heavy atom. The van der Waals surface area contributed by atoms with Gasteiger partial charge in [-0.3, -0.25) is 9.69 Å². The Hall–Kier alpha value is -0.650. The Labute approximate surface area is 128 Å². The Morgan fingerprint density at radius 3 is 2.38 bits per heavy atom. The number of nitrogens with zero attached hydrogens (tertiary/aromatic N) is 2. The van der Waals surface area contributed by atoms with Gasteiger partial charge < -0.3 is 14.7 Å². The van der Waals surface area contributed by atoms with Crippen LogP contribution in [-0.4, -0.2) is 72.9 Å². The van der Waals surface area contributed by atoms with E-state index >= 15 is 0 Å². The highest BCUT2D eigenvalue weighted by atomic mass is 16.5. The van der Waals surface area contributed by atoms with E-state index in [1.807, 2.05) is 4.90 Å². The first kappa shape index (κ1) is 16.7. The number of ether oxygens (including phenoxy) is 1. The molecule has 0 bridgehead atoms. The van der Waals surface area contributed by atoms with Crippen molar-refractivity contribution in [2.45, 2.75) is 39.2 Å². The number of hydrogen-bond acceptors (Lipinski definition) is 4. The minimum absolute atomic E-state index is 0.111. The van der Waals surface area contributed by atoms with Gasteiger partial charge in [-0.15, -0.1) is 0 Å². The van der Waals surface area contributed by atoms with Crippen LogP contribution in [0.3, 0.4) is 0 Å². The van der Waals surface area contributed by atoms with Gasteiger partial charge in [-0.25, -0.2) is 0 Å². The van der Waals surface area contributed by atoms with E-state index < -0.39 is 0 Å². The standard InChI is InChI=1S/C16H30N2O3/c1-3-15(12-19)17-6-8-18(9-7-17)16(20)13(2)14-4-10-21-11-5-14/h13-15,19H,3-12H2,1-2H3. The van der Waals surface area contributed by atoms with Crippen LogP contribution in [0.2, 0.25) is 0 Å². The highest BCUT2D eigenvalue weighted by molar-refractivity contribution is 5.79. The molecule has 2 heterocycles. The van der Waals surface area contributed by atoms with Crippen LogP contribution in [0.25, 0.3) is 0 Å². The van der Waals surface area contributed by atoms with Crippen molar-refractivity contribution in [2.75, 3.05) is 46.0 Å². The van der Waals surface area contributed by atoms with Gasteiger partial charge in [0.15, 0.2) is 0 Å². The van der Waals surface area contributed by atoms with Crippen LogP contribution in [0.5, 0.6) is 0 Å². The molecule has 1 amide bonds. The SMILES string of the molecule is CCC(CO)N1CCN(C(=O)C(C)C2CCOCC2)CC1. The molecule has 0 aromatic carbocycles. The van der Waals surface area contributed by atoms with Crippen molar-refractivity contribution in [3.8, 4) is 0 Å². The first-order valence-corrected chi connectivity index (χ1v) is 8.38. The lowest BCUT2D eigenvalue weighted by Gasteiger charge is -2.40. The summed E-state index contributed by atoms with van der Waals surface area (Å²) >= 11 is 0. The fourth-order valence-electron chi connectivity index (χ4n) is 3.52. The number of carbonyl (C=O) groups excluding carboxylic acids is 1. The first-order chi connectivity index (χ1) is 10.2. The van der Waals surface area contributed by atoms with E-state index in [2.05, 4.69) is 18.7 Å². The molecule has 5 heteroatoms. The fourth-order valence-corrected chi connectivity index (χ4v) is 3.52. The summed E-state index contributed by atoms with van der Waals surface area (Å²) < 4.78 is 5.38. The van der Waals surface area contributed by atoms with Gasteiger partial charge in [0, 0.05) is 51.4 Å². The van der Waals surface area contributed by atoms with E-state index in [1.165, 1.54) is 0 Å². The van der Waals surface area contributed by atoms with Crippen LogP contribution in [0.4, 0.5) is 0 Å². The molecule has 0 saturated carbocycles. The molecule has 0 aromatic heterocycles. The summed E-state index contributed by atoms with van der Waals surface area (Å²) in [6, 6.07) is 0.246. The van der Waals surface area contributed by atoms with E-state index in [0.29, 0.717) is 11.8 Å². The maximum Gasteiger partial charge on any atom is 0.225 e. The second-order valence-electron chi connectivity index (χ2n) is 6.34. The molecule has 1 N–H and O–H groups in total. The molecule has 2 atom stereocenters. The molecule has 21 heavy (non-hydrogen) atoms. The maximum absolute atomic E-state index is 12.6. The Bertz CT molecular complexity index is 319. The Kier molecular flexibility index (Phi) is 6.45. The molecule has 0 spiro atoms. The highest BCUT2D eigenvalue weighted by Gasteiger charge is 2.31. The third-order valence-corrected chi connectivity index (χ3v) is 5.19. The average molecular weight is 298 g/mol. The van der Waals surface area contributed by atoms with E-state index in [0.717, 1.165) is 58.7 Å². The van der Waals surface area contributed by atoms with Crippen molar-refractivity contribution >= 4 is 5.91 Å². The predicted octanol–water partition coefficient (Wildman–Crippen LogP) is 0.964. The van der Waals surface area contributed by atoms with Crippen LogP contribution < -0.4 is 0 Å². The molecule has 2 rings (SSSR count). The molecule has 2 saturated heterocycles. The molecular weight excluding hydrogens is 268 g/mol. The molecule has 0 aliphatic carbocycles. The predicted molar refractivity (Wildman–Crippen MR) is 82.0 cm³/mol. The van der Waals surface area contributed by atoms with Crippen molar-refractivity contribution in [3.05, 3.63) is 0 Å². The summed E-state index contributed by atoms with van der Waals surface area (Å²) in [6.45, 7) is 9.33. The maximum atomic E-state index is 12.6. The summed E-state index contributed by atoms with van der Waals surface area (Å²) in [5, 5.41) is 9.38. The van der Waals surface area contributed by atoms with Crippen molar-refractivity contribution < 1.29 is 14.6 Å². The highest BCUT2D eigenvalue weighted by Crippen LogP contribution is 2.25. The van der Waals surface area contributed by atoms with Gasteiger partial charge in [0.25, 0.3) is 0 Å². The molecule has 122 valence electrons. The smallest absolute Gasteiger partial charge is 0.225 e. The number of carbonyl (C=O) groups is 1. The molecule has 2 unspecified atom stereocenters. The number of amides is 1. The summed E-state index contributed by atoms with van der Waals surface area (Å²) in [5.41, 5.74) is 0. The van der Waals surface area contributed by atoms with E-state index in [9.17, 15) is 9.90 Å². The lowest BCUT2D eigenvalue weighted by atomic mass is 9.86. The number of aliphatic hydroxyl groups is 1. The van der Waals surface area contributed by atoms with Gasteiger partial charge in [0.05, 0.1) is 6.61 Å². The Morgan fingerprint density at radius 1 is 1.24 bits per heavy atom. The van der Waals surface area contributed by atoms with Crippen molar-refractivity contribution in [1.29, 1.82) is 0 Å². The zero-order chi connectivity index (χ0) is 15.2. The summed E-state index contributed by atoms with van der Waals surface area (Å²) in [6.07, 6.45) is 2.98. The fraction of sp³-hybridized carbons (Fsp3) is 0.938. The van der Waals surface area contributed by atoms with E-state index in [4.69, 9.17) is 4.74 Å². The zero-order valence-electron chi connectivity index (χ0n) is 13.5. The van der Waals surface area contributed by atoms with Crippen molar-refractivity contribution in [1.82, 2.24) is 9.80 Å². The quantitative estimate of drug-likeness (QED) is 0.821. The van der Waals surface area contributed by atoms with Gasteiger partial charge in [0.1, 0.15) is 0 Å². The van der Waals surface area contributed by atoms with Gasteiger partial charge in [-0.2, -0.15) is 0 Å². The van der Waals surface area contributed by atoms with Crippen LogP contribution in [0.15, 0.2) is 0 Å². The van der Waals surface area contributed by atoms with Crippen molar-refractivity contribution in [2.24, 2.45) is 11.8 Å². The first-order valence-electron chi connectivity index (χ1n) is 8.38.